The van der Waals surface area contributed by atoms with E-state index in [1.54, 1.807) is 4.90 Å². The Balaban J connectivity index is 1.60. The van der Waals surface area contributed by atoms with E-state index in [0.29, 0.717) is 13.1 Å². The summed E-state index contributed by atoms with van der Waals surface area (Å²) in [5, 5.41) is 15.1. The van der Waals surface area contributed by atoms with Gasteiger partial charge in [-0.15, -0.1) is 0 Å². The first kappa shape index (κ1) is 20.9. The number of alkyl carbamates (subject to hydrolysis) is 1. The van der Waals surface area contributed by atoms with Gasteiger partial charge in [-0.1, -0.05) is 30.3 Å². The summed E-state index contributed by atoms with van der Waals surface area (Å²) in [5.41, 5.74) is 0.872. The number of piperidine rings is 1. The number of ether oxygens (including phenoxy) is 1. The highest BCUT2D eigenvalue weighted by Gasteiger charge is 2.35. The Morgan fingerprint density at radius 3 is 2.31 bits per heavy atom. The molecule has 2 aliphatic heterocycles. The molecule has 9 heteroatoms. The quantitative estimate of drug-likeness (QED) is 0.678. The van der Waals surface area contributed by atoms with Crippen LogP contribution >= 0.6 is 0 Å². The molecule has 0 radical (unpaired) electrons. The SMILES string of the molecule is O=C(NC(C(=O)N1CCN(C(=O)O)CC1)C1CCNCC1)OCc1ccccc1. The summed E-state index contributed by atoms with van der Waals surface area (Å²) in [6.45, 7) is 2.93. The molecular weight excluding hydrogens is 376 g/mol. The van der Waals surface area contributed by atoms with Crippen molar-refractivity contribution >= 4 is 18.1 Å². The predicted octanol–water partition coefficient (Wildman–Crippen LogP) is 1.10. The lowest BCUT2D eigenvalue weighted by molar-refractivity contribution is -0.136. The first-order valence-corrected chi connectivity index (χ1v) is 9.99. The second kappa shape index (κ2) is 10.1. The minimum Gasteiger partial charge on any atom is -0.465 e. The van der Waals surface area contributed by atoms with Crippen LogP contribution in [0.1, 0.15) is 18.4 Å². The third-order valence-electron chi connectivity index (χ3n) is 5.47. The van der Waals surface area contributed by atoms with Crippen molar-refractivity contribution in [3.63, 3.8) is 0 Å². The molecule has 0 bridgehead atoms. The summed E-state index contributed by atoms with van der Waals surface area (Å²) in [5.74, 6) is -0.149. The summed E-state index contributed by atoms with van der Waals surface area (Å²) in [6.07, 6.45) is -0.0286. The standard InChI is InChI=1S/C20H28N4O5/c25-18(23-10-12-24(13-11-23)20(27)28)17(16-6-8-21-9-7-16)22-19(26)29-14-15-4-2-1-3-5-15/h1-5,16-17,21H,6-14H2,(H,22,26)(H,27,28). The third-order valence-corrected chi connectivity index (χ3v) is 5.47. The van der Waals surface area contributed by atoms with Crippen molar-refractivity contribution < 1.29 is 24.2 Å². The van der Waals surface area contributed by atoms with Crippen LogP contribution in [-0.4, -0.2) is 78.3 Å². The van der Waals surface area contributed by atoms with Gasteiger partial charge >= 0.3 is 12.2 Å². The Morgan fingerprint density at radius 2 is 1.69 bits per heavy atom. The van der Waals surface area contributed by atoms with Crippen LogP contribution in [0.4, 0.5) is 9.59 Å². The molecule has 29 heavy (non-hydrogen) atoms. The van der Waals surface area contributed by atoms with Gasteiger partial charge in [0.25, 0.3) is 0 Å². The van der Waals surface area contributed by atoms with Gasteiger partial charge in [-0.25, -0.2) is 9.59 Å². The van der Waals surface area contributed by atoms with Crippen molar-refractivity contribution in [3.05, 3.63) is 35.9 Å². The van der Waals surface area contributed by atoms with E-state index in [9.17, 15) is 14.4 Å². The number of hydrogen-bond donors (Lipinski definition) is 3. The highest BCUT2D eigenvalue weighted by atomic mass is 16.5. The number of carbonyl (C=O) groups excluding carboxylic acids is 2. The fourth-order valence-electron chi connectivity index (χ4n) is 3.77. The van der Waals surface area contributed by atoms with Crippen molar-refractivity contribution in [2.45, 2.75) is 25.5 Å². The van der Waals surface area contributed by atoms with Gasteiger partial charge in [-0.05, 0) is 37.4 Å². The van der Waals surface area contributed by atoms with Crippen LogP contribution in [0.2, 0.25) is 0 Å². The van der Waals surface area contributed by atoms with E-state index in [1.807, 2.05) is 30.3 Å². The second-order valence-corrected chi connectivity index (χ2v) is 7.37. The molecule has 1 aromatic rings. The minimum atomic E-state index is -0.977. The number of benzene rings is 1. The van der Waals surface area contributed by atoms with Crippen LogP contribution in [0.25, 0.3) is 0 Å². The van der Waals surface area contributed by atoms with Crippen molar-refractivity contribution in [1.29, 1.82) is 0 Å². The monoisotopic (exact) mass is 404 g/mol. The van der Waals surface area contributed by atoms with Gasteiger partial charge in [0.1, 0.15) is 12.6 Å². The number of hydrogen-bond acceptors (Lipinski definition) is 5. The molecule has 2 heterocycles. The first-order valence-electron chi connectivity index (χ1n) is 9.99. The summed E-state index contributed by atoms with van der Waals surface area (Å²) >= 11 is 0. The zero-order valence-electron chi connectivity index (χ0n) is 16.4. The van der Waals surface area contributed by atoms with Crippen molar-refractivity contribution in [2.75, 3.05) is 39.3 Å². The molecule has 3 rings (SSSR count). The van der Waals surface area contributed by atoms with Gasteiger partial charge in [0.15, 0.2) is 0 Å². The summed E-state index contributed by atoms with van der Waals surface area (Å²) in [4.78, 5) is 39.6. The number of piperazine rings is 1. The molecule has 0 aromatic heterocycles. The molecule has 2 fully saturated rings. The average molecular weight is 404 g/mol. The first-order chi connectivity index (χ1) is 14.0. The van der Waals surface area contributed by atoms with Crippen molar-refractivity contribution in [3.8, 4) is 0 Å². The van der Waals surface area contributed by atoms with Gasteiger partial charge in [0.2, 0.25) is 5.91 Å². The molecule has 2 aliphatic rings. The molecule has 9 nitrogen and oxygen atoms in total. The number of rotatable bonds is 5. The Morgan fingerprint density at radius 1 is 1.07 bits per heavy atom. The molecule has 1 unspecified atom stereocenters. The topological polar surface area (TPSA) is 111 Å². The second-order valence-electron chi connectivity index (χ2n) is 7.37. The van der Waals surface area contributed by atoms with Crippen LogP contribution in [-0.2, 0) is 16.1 Å². The van der Waals surface area contributed by atoms with Gasteiger partial charge < -0.3 is 30.3 Å². The van der Waals surface area contributed by atoms with E-state index in [-0.39, 0.29) is 31.5 Å². The minimum absolute atomic E-state index is 0.0190. The molecule has 1 aromatic carbocycles. The number of nitrogens with zero attached hydrogens (tertiary/aromatic N) is 2. The maximum absolute atomic E-state index is 13.2. The Labute approximate surface area is 170 Å². The number of nitrogens with one attached hydrogen (secondary N) is 2. The predicted molar refractivity (Wildman–Crippen MR) is 105 cm³/mol. The molecule has 3 amide bonds. The van der Waals surface area contributed by atoms with Crippen molar-refractivity contribution in [2.24, 2.45) is 5.92 Å². The van der Waals surface area contributed by atoms with Gasteiger partial charge in [0.05, 0.1) is 0 Å². The lowest BCUT2D eigenvalue weighted by Crippen LogP contribution is -2.58. The van der Waals surface area contributed by atoms with Crippen LogP contribution in [0.15, 0.2) is 30.3 Å². The normalized spacial score (nSPS) is 18.8. The molecule has 0 saturated carbocycles. The van der Waals surface area contributed by atoms with Gasteiger partial charge in [-0.2, -0.15) is 0 Å². The lowest BCUT2D eigenvalue weighted by atomic mass is 9.89. The zero-order valence-corrected chi connectivity index (χ0v) is 16.4. The van der Waals surface area contributed by atoms with E-state index in [1.165, 1.54) is 4.90 Å². The van der Waals surface area contributed by atoms with Crippen LogP contribution in [0, 0.1) is 5.92 Å². The largest absolute Gasteiger partial charge is 0.465 e. The van der Waals surface area contributed by atoms with E-state index in [2.05, 4.69) is 10.6 Å². The van der Waals surface area contributed by atoms with E-state index in [0.717, 1.165) is 31.5 Å². The summed E-state index contributed by atoms with van der Waals surface area (Å²) < 4.78 is 5.31. The van der Waals surface area contributed by atoms with Crippen molar-refractivity contribution in [1.82, 2.24) is 20.4 Å². The van der Waals surface area contributed by atoms with Crippen LogP contribution < -0.4 is 10.6 Å². The molecule has 0 aliphatic carbocycles. The fraction of sp³-hybridized carbons (Fsp3) is 0.550. The van der Waals surface area contributed by atoms with E-state index in [4.69, 9.17) is 9.84 Å². The van der Waals surface area contributed by atoms with Crippen LogP contribution in [0.3, 0.4) is 0 Å². The number of amides is 3. The zero-order chi connectivity index (χ0) is 20.6. The number of carbonyl (C=O) groups is 3. The van der Waals surface area contributed by atoms with Gasteiger partial charge in [0, 0.05) is 26.2 Å². The molecule has 0 spiro atoms. The fourth-order valence-corrected chi connectivity index (χ4v) is 3.77. The Kier molecular flexibility index (Phi) is 7.29. The Bertz CT molecular complexity index is 700. The summed E-state index contributed by atoms with van der Waals surface area (Å²) in [6, 6.07) is 8.69. The van der Waals surface area contributed by atoms with E-state index >= 15 is 0 Å². The smallest absolute Gasteiger partial charge is 0.408 e. The van der Waals surface area contributed by atoms with Gasteiger partial charge in [-0.3, -0.25) is 4.79 Å². The Hall–Kier alpha value is -2.81. The highest BCUT2D eigenvalue weighted by Crippen LogP contribution is 2.19. The van der Waals surface area contributed by atoms with Crippen LogP contribution in [0.5, 0.6) is 0 Å². The molecule has 1 atom stereocenters. The summed E-state index contributed by atoms with van der Waals surface area (Å²) in [7, 11) is 0. The maximum Gasteiger partial charge on any atom is 0.408 e. The highest BCUT2D eigenvalue weighted by molar-refractivity contribution is 5.86. The molecule has 3 N–H and O–H groups in total. The maximum atomic E-state index is 13.2. The molecule has 158 valence electrons. The molecular formula is C20H28N4O5. The lowest BCUT2D eigenvalue weighted by Gasteiger charge is -2.38. The third kappa shape index (κ3) is 5.83. The van der Waals surface area contributed by atoms with E-state index < -0.39 is 18.2 Å². The molecule has 2 saturated heterocycles. The average Bonchev–Trinajstić information content (AvgIpc) is 2.77. The number of carboxylic acid groups (broad SMARTS) is 1.